The molecular formula is C20H26N4O4. The van der Waals surface area contributed by atoms with Gasteiger partial charge in [-0.2, -0.15) is 5.10 Å². The third-order valence-corrected chi connectivity index (χ3v) is 4.95. The van der Waals surface area contributed by atoms with Gasteiger partial charge in [-0.15, -0.1) is 0 Å². The lowest BCUT2D eigenvalue weighted by molar-refractivity contribution is -0.133. The highest BCUT2D eigenvalue weighted by Crippen LogP contribution is 2.26. The fourth-order valence-corrected chi connectivity index (χ4v) is 3.43. The maximum atomic E-state index is 12.7. The summed E-state index contributed by atoms with van der Waals surface area (Å²) in [5.74, 6) is 1.03. The molecule has 0 atom stereocenters. The Kier molecular flexibility index (Phi) is 6.65. The summed E-state index contributed by atoms with van der Waals surface area (Å²) in [6, 6.07) is 9.01. The SMILES string of the molecule is COCCC(=O)N1CCC(n2nccc2NC(=O)c2ccccc2OC)CC1. The van der Waals surface area contributed by atoms with Crippen LogP contribution in [0.15, 0.2) is 36.5 Å². The van der Waals surface area contributed by atoms with Crippen LogP contribution in [0.4, 0.5) is 5.82 Å². The number of anilines is 1. The van der Waals surface area contributed by atoms with Crippen molar-refractivity contribution in [2.45, 2.75) is 25.3 Å². The summed E-state index contributed by atoms with van der Waals surface area (Å²) in [6.07, 6.45) is 3.66. The van der Waals surface area contributed by atoms with Gasteiger partial charge in [0.25, 0.3) is 5.91 Å². The highest BCUT2D eigenvalue weighted by molar-refractivity contribution is 6.05. The van der Waals surface area contributed by atoms with Crippen molar-refractivity contribution in [3.05, 3.63) is 42.1 Å². The van der Waals surface area contributed by atoms with E-state index in [1.165, 1.54) is 7.11 Å². The predicted molar refractivity (Wildman–Crippen MR) is 105 cm³/mol. The number of nitrogens with one attached hydrogen (secondary N) is 1. The molecule has 0 saturated carbocycles. The van der Waals surface area contributed by atoms with Gasteiger partial charge in [0.05, 0.1) is 37.9 Å². The van der Waals surface area contributed by atoms with Crippen LogP contribution in [0.3, 0.4) is 0 Å². The first-order valence-electron chi connectivity index (χ1n) is 9.38. The van der Waals surface area contributed by atoms with Crippen molar-refractivity contribution in [2.75, 3.05) is 39.2 Å². The molecule has 3 rings (SSSR count). The van der Waals surface area contributed by atoms with Gasteiger partial charge >= 0.3 is 0 Å². The summed E-state index contributed by atoms with van der Waals surface area (Å²) >= 11 is 0. The molecule has 150 valence electrons. The first kappa shape index (κ1) is 19.9. The second kappa shape index (κ2) is 9.36. The maximum Gasteiger partial charge on any atom is 0.260 e. The Balaban J connectivity index is 1.63. The Labute approximate surface area is 164 Å². The standard InChI is InChI=1S/C20H26N4O4/c1-27-14-10-19(25)23-12-8-15(9-13-23)24-18(7-11-21-24)22-20(26)16-5-3-4-6-17(16)28-2/h3-7,11,15H,8-10,12-14H2,1-2H3,(H,22,26). The fourth-order valence-electron chi connectivity index (χ4n) is 3.43. The molecule has 2 amide bonds. The molecule has 1 aliphatic heterocycles. The molecule has 0 aliphatic carbocycles. The van der Waals surface area contributed by atoms with Crippen molar-refractivity contribution in [3.8, 4) is 5.75 Å². The molecule has 0 unspecified atom stereocenters. The number of nitrogens with zero attached hydrogens (tertiary/aromatic N) is 3. The van der Waals surface area contributed by atoms with Crippen molar-refractivity contribution in [3.63, 3.8) is 0 Å². The summed E-state index contributed by atoms with van der Waals surface area (Å²) < 4.78 is 12.1. The smallest absolute Gasteiger partial charge is 0.260 e. The molecule has 1 aromatic carbocycles. The topological polar surface area (TPSA) is 85.7 Å². The van der Waals surface area contributed by atoms with Crippen LogP contribution in [-0.2, 0) is 9.53 Å². The number of hydrogen-bond acceptors (Lipinski definition) is 5. The van der Waals surface area contributed by atoms with E-state index in [1.54, 1.807) is 37.6 Å². The van der Waals surface area contributed by atoms with Crippen LogP contribution in [0.2, 0.25) is 0 Å². The summed E-state index contributed by atoms with van der Waals surface area (Å²) in [4.78, 5) is 26.7. The van der Waals surface area contributed by atoms with Crippen molar-refractivity contribution in [1.82, 2.24) is 14.7 Å². The summed E-state index contributed by atoms with van der Waals surface area (Å²) in [6.45, 7) is 1.79. The number of aromatic nitrogens is 2. The van der Waals surface area contributed by atoms with Crippen molar-refractivity contribution >= 4 is 17.6 Å². The monoisotopic (exact) mass is 386 g/mol. The minimum atomic E-state index is -0.244. The number of amides is 2. The van der Waals surface area contributed by atoms with Crippen LogP contribution >= 0.6 is 0 Å². The molecular weight excluding hydrogens is 360 g/mol. The van der Waals surface area contributed by atoms with Crippen LogP contribution in [0.1, 0.15) is 35.7 Å². The Morgan fingerprint density at radius 1 is 1.18 bits per heavy atom. The van der Waals surface area contributed by atoms with Gasteiger partial charge in [0.2, 0.25) is 5.91 Å². The molecule has 1 aliphatic rings. The number of carbonyl (C=O) groups excluding carboxylic acids is 2. The first-order chi connectivity index (χ1) is 13.6. The van der Waals surface area contributed by atoms with Crippen LogP contribution in [0.5, 0.6) is 5.75 Å². The lowest BCUT2D eigenvalue weighted by atomic mass is 10.0. The van der Waals surface area contributed by atoms with Crippen molar-refractivity contribution < 1.29 is 19.1 Å². The van der Waals surface area contributed by atoms with Gasteiger partial charge in [0.1, 0.15) is 11.6 Å². The van der Waals surface area contributed by atoms with E-state index < -0.39 is 0 Å². The molecule has 2 heterocycles. The van der Waals surface area contributed by atoms with Gasteiger partial charge in [-0.3, -0.25) is 9.59 Å². The minimum Gasteiger partial charge on any atom is -0.496 e. The average molecular weight is 386 g/mol. The van der Waals surface area contributed by atoms with Crippen molar-refractivity contribution in [2.24, 2.45) is 0 Å². The molecule has 1 fully saturated rings. The number of hydrogen-bond donors (Lipinski definition) is 1. The van der Waals surface area contributed by atoms with Gasteiger partial charge in [0, 0.05) is 26.3 Å². The van der Waals surface area contributed by atoms with E-state index in [9.17, 15) is 9.59 Å². The lowest BCUT2D eigenvalue weighted by Gasteiger charge is -2.32. The highest BCUT2D eigenvalue weighted by Gasteiger charge is 2.26. The van der Waals surface area contributed by atoms with E-state index in [0.29, 0.717) is 43.2 Å². The lowest BCUT2D eigenvalue weighted by Crippen LogP contribution is -2.39. The molecule has 2 aromatic rings. The molecule has 1 saturated heterocycles. The normalized spacial score (nSPS) is 14.7. The highest BCUT2D eigenvalue weighted by atomic mass is 16.5. The van der Waals surface area contributed by atoms with Gasteiger partial charge in [-0.25, -0.2) is 4.68 Å². The number of piperidine rings is 1. The maximum absolute atomic E-state index is 12.7. The summed E-state index contributed by atoms with van der Waals surface area (Å²) in [5.41, 5.74) is 0.469. The number of para-hydroxylation sites is 1. The summed E-state index contributed by atoms with van der Waals surface area (Å²) in [5, 5.41) is 7.32. The van der Waals surface area contributed by atoms with E-state index in [0.717, 1.165) is 12.8 Å². The molecule has 0 bridgehead atoms. The number of ether oxygens (including phenoxy) is 2. The quantitative estimate of drug-likeness (QED) is 0.789. The number of methoxy groups -OCH3 is 2. The summed E-state index contributed by atoms with van der Waals surface area (Å²) in [7, 11) is 3.14. The fraction of sp³-hybridized carbons (Fsp3) is 0.450. The molecule has 1 N–H and O–H groups in total. The van der Waals surface area contributed by atoms with Gasteiger partial charge in [-0.05, 0) is 25.0 Å². The van der Waals surface area contributed by atoms with E-state index in [4.69, 9.17) is 9.47 Å². The predicted octanol–water partition coefficient (Wildman–Crippen LogP) is 2.34. The Morgan fingerprint density at radius 3 is 2.64 bits per heavy atom. The Morgan fingerprint density at radius 2 is 1.93 bits per heavy atom. The molecule has 28 heavy (non-hydrogen) atoms. The van der Waals surface area contributed by atoms with Crippen LogP contribution in [0.25, 0.3) is 0 Å². The number of rotatable bonds is 7. The van der Waals surface area contributed by atoms with E-state index >= 15 is 0 Å². The number of likely N-dealkylation sites (tertiary alicyclic amines) is 1. The Hall–Kier alpha value is -2.87. The molecule has 1 aromatic heterocycles. The van der Waals surface area contributed by atoms with E-state index in [1.807, 2.05) is 15.6 Å². The number of benzene rings is 1. The third-order valence-electron chi connectivity index (χ3n) is 4.95. The second-order valence-corrected chi connectivity index (χ2v) is 6.67. The van der Waals surface area contributed by atoms with Crippen molar-refractivity contribution in [1.29, 1.82) is 0 Å². The van der Waals surface area contributed by atoms with Crippen LogP contribution < -0.4 is 10.1 Å². The number of carbonyl (C=O) groups is 2. The van der Waals surface area contributed by atoms with Crippen LogP contribution in [-0.4, -0.2) is 60.4 Å². The van der Waals surface area contributed by atoms with Gasteiger partial charge in [-0.1, -0.05) is 12.1 Å². The third kappa shape index (κ3) is 4.51. The zero-order chi connectivity index (χ0) is 19.9. The molecule has 0 radical (unpaired) electrons. The van der Waals surface area contributed by atoms with E-state index in [-0.39, 0.29) is 17.9 Å². The first-order valence-corrected chi connectivity index (χ1v) is 9.38. The zero-order valence-electron chi connectivity index (χ0n) is 16.3. The molecule has 0 spiro atoms. The van der Waals surface area contributed by atoms with Gasteiger partial charge < -0.3 is 19.7 Å². The average Bonchev–Trinajstić information content (AvgIpc) is 3.20. The van der Waals surface area contributed by atoms with Crippen LogP contribution in [0, 0.1) is 0 Å². The second-order valence-electron chi connectivity index (χ2n) is 6.67. The zero-order valence-corrected chi connectivity index (χ0v) is 16.3. The largest absolute Gasteiger partial charge is 0.496 e. The molecule has 8 nitrogen and oxygen atoms in total. The molecule has 8 heteroatoms. The van der Waals surface area contributed by atoms with Gasteiger partial charge in [0.15, 0.2) is 0 Å². The Bertz CT molecular complexity index is 812. The van der Waals surface area contributed by atoms with E-state index in [2.05, 4.69) is 10.4 Å². The minimum absolute atomic E-state index is 0.116.